The van der Waals surface area contributed by atoms with Crippen molar-refractivity contribution in [3.63, 3.8) is 0 Å². The van der Waals surface area contributed by atoms with E-state index in [4.69, 9.17) is 15.2 Å². The van der Waals surface area contributed by atoms with Crippen molar-refractivity contribution in [3.8, 4) is 11.5 Å². The maximum absolute atomic E-state index is 13.8. The fraction of sp³-hybridized carbons (Fsp3) is 0.600. The van der Waals surface area contributed by atoms with Gasteiger partial charge in [0.2, 0.25) is 0 Å². The van der Waals surface area contributed by atoms with E-state index in [0.29, 0.717) is 17.6 Å². The molecule has 1 fully saturated rings. The van der Waals surface area contributed by atoms with E-state index in [1.54, 1.807) is 0 Å². The van der Waals surface area contributed by atoms with Crippen molar-refractivity contribution >= 4 is 5.69 Å². The van der Waals surface area contributed by atoms with Crippen LogP contribution in [0.4, 0.5) is 10.1 Å². The Bertz CT molecular complexity index is 450. The summed E-state index contributed by atoms with van der Waals surface area (Å²) in [6.45, 7) is 4.48. The third kappa shape index (κ3) is 3.11. The molecule has 106 valence electrons. The molecule has 0 saturated heterocycles. The largest absolute Gasteiger partial charge is 0.494 e. The summed E-state index contributed by atoms with van der Waals surface area (Å²) < 4.78 is 24.7. The number of rotatable bonds is 3. The van der Waals surface area contributed by atoms with E-state index in [-0.39, 0.29) is 17.5 Å². The van der Waals surface area contributed by atoms with Gasteiger partial charge in [-0.1, -0.05) is 13.8 Å². The smallest absolute Gasteiger partial charge is 0.167 e. The minimum Gasteiger partial charge on any atom is -0.494 e. The van der Waals surface area contributed by atoms with Gasteiger partial charge in [0.25, 0.3) is 0 Å². The summed E-state index contributed by atoms with van der Waals surface area (Å²) in [5, 5.41) is 0. The molecule has 2 N–H and O–H groups in total. The molecule has 0 aromatic heterocycles. The van der Waals surface area contributed by atoms with Crippen LogP contribution in [0.3, 0.4) is 0 Å². The zero-order valence-electron chi connectivity index (χ0n) is 11.8. The van der Waals surface area contributed by atoms with Crippen molar-refractivity contribution < 1.29 is 13.9 Å². The highest BCUT2D eigenvalue weighted by Gasteiger charge is 2.26. The second-order valence-electron chi connectivity index (χ2n) is 5.53. The average molecular weight is 267 g/mol. The van der Waals surface area contributed by atoms with E-state index >= 15 is 0 Å². The van der Waals surface area contributed by atoms with Gasteiger partial charge >= 0.3 is 0 Å². The Hall–Kier alpha value is -1.45. The van der Waals surface area contributed by atoms with Crippen LogP contribution in [0.25, 0.3) is 0 Å². The fourth-order valence-corrected chi connectivity index (χ4v) is 2.60. The molecule has 19 heavy (non-hydrogen) atoms. The molecule has 1 saturated carbocycles. The van der Waals surface area contributed by atoms with Gasteiger partial charge in [0.1, 0.15) is 5.75 Å². The predicted octanol–water partition coefficient (Wildman–Crippen LogP) is 3.62. The summed E-state index contributed by atoms with van der Waals surface area (Å²) in [5.74, 6) is 1.58. The van der Waals surface area contributed by atoms with Crippen LogP contribution in [0.5, 0.6) is 11.5 Å². The van der Waals surface area contributed by atoms with Crippen LogP contribution in [-0.2, 0) is 0 Å². The van der Waals surface area contributed by atoms with Crippen molar-refractivity contribution in [1.82, 2.24) is 0 Å². The molecule has 0 amide bonds. The number of methoxy groups -OCH3 is 1. The predicted molar refractivity (Wildman–Crippen MR) is 74.0 cm³/mol. The maximum atomic E-state index is 13.8. The Labute approximate surface area is 113 Å². The molecule has 3 unspecified atom stereocenters. The molecule has 3 atom stereocenters. The minimum absolute atomic E-state index is 0.0778. The fourth-order valence-electron chi connectivity index (χ4n) is 2.60. The van der Waals surface area contributed by atoms with Crippen LogP contribution in [0.2, 0.25) is 0 Å². The highest BCUT2D eigenvalue weighted by atomic mass is 19.1. The number of nitrogen functional groups attached to an aromatic ring is 1. The van der Waals surface area contributed by atoms with E-state index in [9.17, 15) is 4.39 Å². The topological polar surface area (TPSA) is 44.5 Å². The number of hydrogen-bond acceptors (Lipinski definition) is 3. The second kappa shape index (κ2) is 5.68. The zero-order chi connectivity index (χ0) is 14.0. The Morgan fingerprint density at radius 2 is 1.89 bits per heavy atom. The van der Waals surface area contributed by atoms with Gasteiger partial charge in [0, 0.05) is 12.1 Å². The van der Waals surface area contributed by atoms with Gasteiger partial charge in [-0.2, -0.15) is 0 Å². The highest BCUT2D eigenvalue weighted by molar-refractivity contribution is 5.56. The number of halogens is 1. The van der Waals surface area contributed by atoms with Gasteiger partial charge in [-0.15, -0.1) is 0 Å². The summed E-state index contributed by atoms with van der Waals surface area (Å²) in [4.78, 5) is 0. The Kier molecular flexibility index (Phi) is 4.17. The molecule has 0 spiro atoms. The maximum Gasteiger partial charge on any atom is 0.167 e. The number of anilines is 1. The second-order valence-corrected chi connectivity index (χ2v) is 5.53. The van der Waals surface area contributed by atoms with Crippen LogP contribution in [0.1, 0.15) is 33.1 Å². The molecule has 4 heteroatoms. The minimum atomic E-state index is -0.426. The van der Waals surface area contributed by atoms with E-state index in [1.807, 2.05) is 0 Å². The van der Waals surface area contributed by atoms with Crippen LogP contribution < -0.4 is 15.2 Å². The van der Waals surface area contributed by atoms with Crippen LogP contribution in [0.15, 0.2) is 12.1 Å². The summed E-state index contributed by atoms with van der Waals surface area (Å²) in [6.07, 6.45) is 3.14. The molecule has 1 aliphatic carbocycles. The van der Waals surface area contributed by atoms with Crippen molar-refractivity contribution in [2.45, 2.75) is 39.2 Å². The molecule has 0 aliphatic heterocycles. The number of nitrogens with two attached hydrogens (primary N) is 1. The van der Waals surface area contributed by atoms with E-state index < -0.39 is 5.82 Å². The molecular formula is C15H22FNO2. The van der Waals surface area contributed by atoms with Gasteiger partial charge in [-0.25, -0.2) is 4.39 Å². The molecule has 0 bridgehead atoms. The van der Waals surface area contributed by atoms with E-state index in [2.05, 4.69) is 13.8 Å². The molecule has 2 rings (SSSR count). The third-order valence-corrected chi connectivity index (χ3v) is 4.13. The van der Waals surface area contributed by atoms with Crippen LogP contribution in [-0.4, -0.2) is 13.2 Å². The first-order valence-electron chi connectivity index (χ1n) is 6.81. The Balaban J connectivity index is 2.11. The zero-order valence-corrected chi connectivity index (χ0v) is 11.8. The lowest BCUT2D eigenvalue weighted by Gasteiger charge is -2.32. The monoisotopic (exact) mass is 267 g/mol. The van der Waals surface area contributed by atoms with Crippen molar-refractivity contribution in [2.24, 2.45) is 11.8 Å². The first-order valence-corrected chi connectivity index (χ1v) is 6.81. The first-order chi connectivity index (χ1) is 9.01. The number of hydrogen-bond donors (Lipinski definition) is 1. The molecule has 1 aliphatic rings. The lowest BCUT2D eigenvalue weighted by molar-refractivity contribution is 0.0966. The van der Waals surface area contributed by atoms with Gasteiger partial charge in [-0.3, -0.25) is 0 Å². The standard InChI is InChI=1S/C15H22FNO2/c1-9-4-5-11(6-10(9)2)19-14-8-15(18-3)13(17)7-12(14)16/h7-11H,4-6,17H2,1-3H3. The van der Waals surface area contributed by atoms with E-state index in [1.165, 1.54) is 19.2 Å². The molecular weight excluding hydrogens is 245 g/mol. The van der Waals surface area contributed by atoms with Gasteiger partial charge in [0.15, 0.2) is 11.6 Å². The molecule has 0 radical (unpaired) electrons. The van der Waals surface area contributed by atoms with Gasteiger partial charge in [0.05, 0.1) is 18.9 Å². The van der Waals surface area contributed by atoms with Crippen LogP contribution in [0, 0.1) is 17.7 Å². The number of ether oxygens (including phenoxy) is 2. The summed E-state index contributed by atoms with van der Waals surface area (Å²) >= 11 is 0. The quantitative estimate of drug-likeness (QED) is 0.851. The Morgan fingerprint density at radius 3 is 2.53 bits per heavy atom. The molecule has 1 aromatic carbocycles. The molecule has 0 heterocycles. The van der Waals surface area contributed by atoms with Crippen molar-refractivity contribution in [2.75, 3.05) is 12.8 Å². The Morgan fingerprint density at radius 1 is 1.16 bits per heavy atom. The molecule has 1 aromatic rings. The first kappa shape index (κ1) is 14.0. The van der Waals surface area contributed by atoms with E-state index in [0.717, 1.165) is 19.3 Å². The summed E-state index contributed by atoms with van der Waals surface area (Å²) in [5.41, 5.74) is 5.94. The van der Waals surface area contributed by atoms with Crippen molar-refractivity contribution in [3.05, 3.63) is 17.9 Å². The lowest BCUT2D eigenvalue weighted by atomic mass is 9.80. The van der Waals surface area contributed by atoms with Gasteiger partial charge < -0.3 is 15.2 Å². The van der Waals surface area contributed by atoms with Crippen LogP contribution >= 0.6 is 0 Å². The summed E-state index contributed by atoms with van der Waals surface area (Å²) in [7, 11) is 1.51. The third-order valence-electron chi connectivity index (χ3n) is 4.13. The van der Waals surface area contributed by atoms with Gasteiger partial charge in [-0.05, 0) is 31.1 Å². The van der Waals surface area contributed by atoms with Crippen molar-refractivity contribution in [1.29, 1.82) is 0 Å². The SMILES string of the molecule is COc1cc(OC2CCC(C)C(C)C2)c(F)cc1N. The highest BCUT2D eigenvalue weighted by Crippen LogP contribution is 2.35. The lowest BCUT2D eigenvalue weighted by Crippen LogP contribution is -2.29. The summed E-state index contributed by atoms with van der Waals surface area (Å²) in [6, 6.07) is 2.79. The molecule has 3 nitrogen and oxygen atoms in total. The average Bonchev–Trinajstić information content (AvgIpc) is 2.37. The number of benzene rings is 1. The normalized spacial score (nSPS) is 27.1.